The molecule has 0 saturated heterocycles. The van der Waals surface area contributed by atoms with Crippen molar-refractivity contribution in [1.29, 1.82) is 0 Å². The van der Waals surface area contributed by atoms with Gasteiger partial charge in [0, 0.05) is 19.3 Å². The number of hydrogen-bond acceptors (Lipinski definition) is 5. The zero-order valence-electron chi connectivity index (χ0n) is 11.1. The molecule has 2 aromatic rings. The molecule has 2 N–H and O–H groups in total. The monoisotopic (exact) mass is 260 g/mol. The van der Waals surface area contributed by atoms with Crippen LogP contribution in [0, 0.1) is 0 Å². The SMILES string of the molecule is CNC(=O)c1ccc(Nc2cnn(C(C)C)c2)nn1. The number of rotatable bonds is 4. The fourth-order valence-corrected chi connectivity index (χ4v) is 1.48. The van der Waals surface area contributed by atoms with Crippen molar-refractivity contribution in [2.24, 2.45) is 0 Å². The summed E-state index contributed by atoms with van der Waals surface area (Å²) in [6.45, 7) is 4.10. The van der Waals surface area contributed by atoms with Crippen LogP contribution in [0.5, 0.6) is 0 Å². The summed E-state index contributed by atoms with van der Waals surface area (Å²) < 4.78 is 1.84. The molecule has 0 spiro atoms. The summed E-state index contributed by atoms with van der Waals surface area (Å²) in [5.41, 5.74) is 1.11. The smallest absolute Gasteiger partial charge is 0.271 e. The summed E-state index contributed by atoms with van der Waals surface area (Å²) in [4.78, 5) is 11.3. The molecular weight excluding hydrogens is 244 g/mol. The van der Waals surface area contributed by atoms with Crippen LogP contribution >= 0.6 is 0 Å². The van der Waals surface area contributed by atoms with Gasteiger partial charge in [0.15, 0.2) is 11.5 Å². The summed E-state index contributed by atoms with van der Waals surface area (Å²) >= 11 is 0. The van der Waals surface area contributed by atoms with Crippen LogP contribution in [0.2, 0.25) is 0 Å². The van der Waals surface area contributed by atoms with Crippen molar-refractivity contribution in [3.8, 4) is 0 Å². The van der Waals surface area contributed by atoms with Gasteiger partial charge in [-0.1, -0.05) is 0 Å². The molecule has 0 bridgehead atoms. The minimum Gasteiger partial charge on any atom is -0.354 e. The van der Waals surface area contributed by atoms with E-state index in [9.17, 15) is 4.79 Å². The van der Waals surface area contributed by atoms with E-state index in [0.29, 0.717) is 11.9 Å². The molecule has 0 fully saturated rings. The third-order valence-corrected chi connectivity index (χ3v) is 2.53. The Labute approximate surface area is 111 Å². The van der Waals surface area contributed by atoms with E-state index in [2.05, 4.69) is 39.8 Å². The highest BCUT2D eigenvalue weighted by molar-refractivity contribution is 5.91. The second-order valence-electron chi connectivity index (χ2n) is 4.31. The van der Waals surface area contributed by atoms with Crippen molar-refractivity contribution in [3.05, 3.63) is 30.2 Å². The van der Waals surface area contributed by atoms with Gasteiger partial charge in [0.25, 0.3) is 5.91 Å². The number of amides is 1. The van der Waals surface area contributed by atoms with E-state index in [1.54, 1.807) is 25.4 Å². The van der Waals surface area contributed by atoms with Crippen LogP contribution in [0.1, 0.15) is 30.4 Å². The Bertz CT molecular complexity index is 560. The van der Waals surface area contributed by atoms with Gasteiger partial charge in [0.2, 0.25) is 0 Å². The van der Waals surface area contributed by atoms with Crippen LogP contribution in [0.15, 0.2) is 24.5 Å². The number of nitrogens with zero attached hydrogens (tertiary/aromatic N) is 4. The molecule has 0 unspecified atom stereocenters. The van der Waals surface area contributed by atoms with Gasteiger partial charge in [-0.3, -0.25) is 9.48 Å². The van der Waals surface area contributed by atoms with E-state index in [4.69, 9.17) is 0 Å². The van der Waals surface area contributed by atoms with Crippen LogP contribution in [-0.2, 0) is 0 Å². The number of nitrogens with one attached hydrogen (secondary N) is 2. The van der Waals surface area contributed by atoms with Gasteiger partial charge in [0.1, 0.15) is 0 Å². The number of carbonyl (C=O) groups is 1. The van der Waals surface area contributed by atoms with Crippen LogP contribution in [0.25, 0.3) is 0 Å². The number of aromatic nitrogens is 4. The average Bonchev–Trinajstić information content (AvgIpc) is 2.87. The van der Waals surface area contributed by atoms with Crippen LogP contribution in [0.3, 0.4) is 0 Å². The molecule has 0 aliphatic carbocycles. The molecule has 7 nitrogen and oxygen atoms in total. The van der Waals surface area contributed by atoms with Crippen molar-refractivity contribution in [3.63, 3.8) is 0 Å². The highest BCUT2D eigenvalue weighted by Gasteiger charge is 2.06. The zero-order valence-corrected chi connectivity index (χ0v) is 11.1. The Morgan fingerprint density at radius 2 is 2.11 bits per heavy atom. The molecular formula is C12H16N6O. The van der Waals surface area contributed by atoms with E-state index in [1.807, 2.05) is 10.9 Å². The largest absolute Gasteiger partial charge is 0.354 e. The topological polar surface area (TPSA) is 84.7 Å². The molecule has 19 heavy (non-hydrogen) atoms. The molecule has 0 aromatic carbocycles. The maximum atomic E-state index is 11.3. The predicted octanol–water partition coefficient (Wildman–Crippen LogP) is 1.36. The second kappa shape index (κ2) is 5.47. The van der Waals surface area contributed by atoms with Crippen molar-refractivity contribution >= 4 is 17.4 Å². The quantitative estimate of drug-likeness (QED) is 0.867. The van der Waals surface area contributed by atoms with E-state index in [1.165, 1.54) is 0 Å². The summed E-state index contributed by atoms with van der Waals surface area (Å²) in [6, 6.07) is 3.61. The summed E-state index contributed by atoms with van der Waals surface area (Å²) in [6.07, 6.45) is 3.60. The van der Waals surface area contributed by atoms with Gasteiger partial charge in [0.05, 0.1) is 11.9 Å². The maximum Gasteiger partial charge on any atom is 0.271 e. The zero-order chi connectivity index (χ0) is 13.8. The Morgan fingerprint density at radius 1 is 1.32 bits per heavy atom. The Balaban J connectivity index is 2.08. The predicted molar refractivity (Wildman–Crippen MR) is 71.3 cm³/mol. The lowest BCUT2D eigenvalue weighted by atomic mass is 10.3. The second-order valence-corrected chi connectivity index (χ2v) is 4.31. The van der Waals surface area contributed by atoms with Gasteiger partial charge in [-0.2, -0.15) is 5.10 Å². The standard InChI is InChI=1S/C12H16N6O/c1-8(2)18-7-9(6-14-18)15-11-5-4-10(16-17-11)12(19)13-3/h4-8H,1-3H3,(H,13,19)(H,15,17). The number of anilines is 2. The first-order valence-electron chi connectivity index (χ1n) is 5.97. The highest BCUT2D eigenvalue weighted by Crippen LogP contribution is 2.14. The van der Waals surface area contributed by atoms with Gasteiger partial charge in [-0.25, -0.2) is 0 Å². The minimum absolute atomic E-state index is 0.258. The highest BCUT2D eigenvalue weighted by atomic mass is 16.1. The lowest BCUT2D eigenvalue weighted by Crippen LogP contribution is -2.19. The van der Waals surface area contributed by atoms with Crippen molar-refractivity contribution in [1.82, 2.24) is 25.3 Å². The summed E-state index contributed by atoms with van der Waals surface area (Å²) in [7, 11) is 1.55. The lowest BCUT2D eigenvalue weighted by molar-refractivity contribution is 0.0957. The molecule has 0 aliphatic rings. The fraction of sp³-hybridized carbons (Fsp3) is 0.333. The summed E-state index contributed by atoms with van der Waals surface area (Å²) in [5.74, 6) is 0.308. The molecule has 2 rings (SSSR count). The molecule has 0 atom stereocenters. The van der Waals surface area contributed by atoms with E-state index < -0.39 is 0 Å². The fourth-order valence-electron chi connectivity index (χ4n) is 1.48. The third-order valence-electron chi connectivity index (χ3n) is 2.53. The van der Waals surface area contributed by atoms with Gasteiger partial charge in [-0.15, -0.1) is 10.2 Å². The molecule has 2 aromatic heterocycles. The third kappa shape index (κ3) is 3.06. The number of carbonyl (C=O) groups excluding carboxylic acids is 1. The Hall–Kier alpha value is -2.44. The van der Waals surface area contributed by atoms with Crippen LogP contribution in [-0.4, -0.2) is 32.9 Å². The first kappa shape index (κ1) is 13.0. The molecule has 0 saturated carbocycles. The Morgan fingerprint density at radius 3 is 2.63 bits per heavy atom. The van der Waals surface area contributed by atoms with E-state index in [-0.39, 0.29) is 11.6 Å². The normalized spacial score (nSPS) is 10.5. The van der Waals surface area contributed by atoms with E-state index in [0.717, 1.165) is 5.69 Å². The van der Waals surface area contributed by atoms with Crippen molar-refractivity contribution in [2.45, 2.75) is 19.9 Å². The molecule has 2 heterocycles. The number of hydrogen-bond donors (Lipinski definition) is 2. The van der Waals surface area contributed by atoms with Gasteiger partial charge >= 0.3 is 0 Å². The van der Waals surface area contributed by atoms with E-state index >= 15 is 0 Å². The summed E-state index contributed by atoms with van der Waals surface area (Å²) in [5, 5.41) is 17.6. The maximum absolute atomic E-state index is 11.3. The first-order valence-corrected chi connectivity index (χ1v) is 5.97. The van der Waals surface area contributed by atoms with Crippen LogP contribution < -0.4 is 10.6 Å². The van der Waals surface area contributed by atoms with Gasteiger partial charge < -0.3 is 10.6 Å². The Kier molecular flexibility index (Phi) is 3.74. The van der Waals surface area contributed by atoms with Crippen molar-refractivity contribution < 1.29 is 4.79 Å². The molecule has 7 heteroatoms. The first-order chi connectivity index (χ1) is 9.10. The lowest BCUT2D eigenvalue weighted by Gasteiger charge is -2.04. The molecule has 1 amide bonds. The molecule has 100 valence electrons. The minimum atomic E-state index is -0.258. The van der Waals surface area contributed by atoms with Gasteiger partial charge in [-0.05, 0) is 26.0 Å². The van der Waals surface area contributed by atoms with Crippen LogP contribution in [0.4, 0.5) is 11.5 Å². The van der Waals surface area contributed by atoms with Crippen molar-refractivity contribution in [2.75, 3.05) is 12.4 Å². The average molecular weight is 260 g/mol. The molecule has 0 aliphatic heterocycles. The molecule has 0 radical (unpaired) electrons.